The molecule has 0 radical (unpaired) electrons. The number of aromatic amines is 1. The van der Waals surface area contributed by atoms with E-state index in [4.69, 9.17) is 9.47 Å². The molecule has 3 heterocycles. The van der Waals surface area contributed by atoms with Gasteiger partial charge in [0, 0.05) is 20.1 Å². The predicted octanol–water partition coefficient (Wildman–Crippen LogP) is 0.472. The number of nitrogens with zero attached hydrogens (tertiary/aromatic N) is 4. The van der Waals surface area contributed by atoms with E-state index >= 15 is 0 Å². The number of imidazole rings is 1. The molecule has 0 saturated carbocycles. The van der Waals surface area contributed by atoms with Crippen molar-refractivity contribution in [3.8, 4) is 11.5 Å². The highest BCUT2D eigenvalue weighted by atomic mass is 16.5. The van der Waals surface area contributed by atoms with Crippen LogP contribution < -0.4 is 25.6 Å². The number of fused-ring (bicyclic) bond motifs is 1. The number of rotatable bonds is 7. The van der Waals surface area contributed by atoms with Crippen LogP contribution in [-0.2, 0) is 13.6 Å². The van der Waals surface area contributed by atoms with E-state index in [1.165, 1.54) is 4.57 Å². The summed E-state index contributed by atoms with van der Waals surface area (Å²) in [4.78, 5) is 33.5. The standard InChI is InChI=1S/C20H25N5O5/c1-23-17-16(18(27)22-20(23)28)25(19(21-17)24-9-3-4-10-24)11-13(26)12-30-15-7-5-14(29-2)6-8-15/h5-8,13,26H,3-4,9-12H2,1-2H3,(H,22,27,28)/t13-/m0/s1. The normalized spacial score (nSPS) is 15.0. The molecule has 1 aliphatic heterocycles. The lowest BCUT2D eigenvalue weighted by molar-refractivity contribution is 0.0936. The summed E-state index contributed by atoms with van der Waals surface area (Å²) in [5, 5.41) is 10.6. The molecule has 1 aromatic carbocycles. The topological polar surface area (TPSA) is 115 Å². The van der Waals surface area contributed by atoms with Crippen LogP contribution in [0.2, 0.25) is 0 Å². The molecule has 1 saturated heterocycles. The van der Waals surface area contributed by atoms with E-state index in [1.54, 1.807) is 43.0 Å². The number of benzene rings is 1. The maximum absolute atomic E-state index is 12.5. The minimum absolute atomic E-state index is 0.0368. The highest BCUT2D eigenvalue weighted by Gasteiger charge is 2.25. The highest BCUT2D eigenvalue weighted by Crippen LogP contribution is 2.24. The fourth-order valence-corrected chi connectivity index (χ4v) is 3.68. The third-order valence-corrected chi connectivity index (χ3v) is 5.27. The van der Waals surface area contributed by atoms with Gasteiger partial charge in [-0.1, -0.05) is 0 Å². The lowest BCUT2D eigenvalue weighted by Gasteiger charge is -2.20. The van der Waals surface area contributed by atoms with Gasteiger partial charge < -0.3 is 24.0 Å². The van der Waals surface area contributed by atoms with Gasteiger partial charge in [0.15, 0.2) is 11.2 Å². The molecule has 0 bridgehead atoms. The molecule has 0 unspecified atom stereocenters. The maximum atomic E-state index is 12.5. The quantitative estimate of drug-likeness (QED) is 0.577. The molecule has 160 valence electrons. The Balaban J connectivity index is 1.61. The summed E-state index contributed by atoms with van der Waals surface area (Å²) in [5.74, 6) is 1.90. The first-order chi connectivity index (χ1) is 14.5. The van der Waals surface area contributed by atoms with E-state index in [9.17, 15) is 14.7 Å². The number of H-pyrrole nitrogens is 1. The number of aromatic nitrogens is 4. The van der Waals surface area contributed by atoms with Gasteiger partial charge in [0.2, 0.25) is 5.95 Å². The minimum atomic E-state index is -0.887. The Bertz CT molecular complexity index is 1140. The van der Waals surface area contributed by atoms with Gasteiger partial charge in [-0.05, 0) is 37.1 Å². The van der Waals surface area contributed by atoms with Crippen molar-refractivity contribution in [2.45, 2.75) is 25.5 Å². The second kappa shape index (κ2) is 8.23. The van der Waals surface area contributed by atoms with Crippen LogP contribution in [0, 0.1) is 0 Å². The van der Waals surface area contributed by atoms with E-state index in [0.717, 1.165) is 25.9 Å². The van der Waals surface area contributed by atoms with Crippen LogP contribution in [0.15, 0.2) is 33.9 Å². The van der Waals surface area contributed by atoms with Gasteiger partial charge in [-0.3, -0.25) is 14.3 Å². The van der Waals surface area contributed by atoms with Gasteiger partial charge in [0.25, 0.3) is 5.56 Å². The number of methoxy groups -OCH3 is 1. The lowest BCUT2D eigenvalue weighted by Crippen LogP contribution is -2.31. The van der Waals surface area contributed by atoms with Crippen molar-refractivity contribution >= 4 is 17.1 Å². The van der Waals surface area contributed by atoms with Crippen LogP contribution in [0.3, 0.4) is 0 Å². The Morgan fingerprint density at radius 1 is 1.17 bits per heavy atom. The smallest absolute Gasteiger partial charge is 0.329 e. The molecule has 4 rings (SSSR count). The van der Waals surface area contributed by atoms with E-state index < -0.39 is 17.4 Å². The third-order valence-electron chi connectivity index (χ3n) is 5.27. The predicted molar refractivity (Wildman–Crippen MR) is 112 cm³/mol. The van der Waals surface area contributed by atoms with Crippen LogP contribution in [-0.4, -0.2) is 57.1 Å². The Labute approximate surface area is 172 Å². The SMILES string of the molecule is COc1ccc(OC[C@@H](O)Cn2c(N3CCCC3)nc3c2c(=O)[nH]c(=O)n3C)cc1. The molecule has 0 aliphatic carbocycles. The summed E-state index contributed by atoms with van der Waals surface area (Å²) in [6.07, 6.45) is 1.17. The zero-order valence-electron chi connectivity index (χ0n) is 17.0. The van der Waals surface area contributed by atoms with Crippen molar-refractivity contribution in [3.05, 3.63) is 45.1 Å². The van der Waals surface area contributed by atoms with Crippen LogP contribution in [0.1, 0.15) is 12.8 Å². The van der Waals surface area contributed by atoms with Crippen LogP contribution in [0.5, 0.6) is 11.5 Å². The number of aliphatic hydroxyl groups is 1. The first kappa shape index (κ1) is 20.0. The lowest BCUT2D eigenvalue weighted by atomic mass is 10.3. The number of hydrogen-bond acceptors (Lipinski definition) is 7. The number of aryl methyl sites for hydroxylation is 1. The Morgan fingerprint density at radius 3 is 2.50 bits per heavy atom. The molecule has 10 nitrogen and oxygen atoms in total. The van der Waals surface area contributed by atoms with Gasteiger partial charge in [-0.25, -0.2) is 4.79 Å². The first-order valence-corrected chi connectivity index (χ1v) is 9.87. The van der Waals surface area contributed by atoms with Crippen molar-refractivity contribution in [2.75, 3.05) is 31.7 Å². The molecule has 1 aliphatic rings. The van der Waals surface area contributed by atoms with Crippen molar-refractivity contribution in [3.63, 3.8) is 0 Å². The van der Waals surface area contributed by atoms with Gasteiger partial charge in [0.05, 0.1) is 13.7 Å². The van der Waals surface area contributed by atoms with Crippen LogP contribution >= 0.6 is 0 Å². The van der Waals surface area contributed by atoms with Gasteiger partial charge in [-0.2, -0.15) is 4.98 Å². The summed E-state index contributed by atoms with van der Waals surface area (Å²) in [6.45, 7) is 1.77. The summed E-state index contributed by atoms with van der Waals surface area (Å²) in [7, 11) is 3.15. The van der Waals surface area contributed by atoms with Crippen molar-refractivity contribution in [2.24, 2.45) is 7.05 Å². The van der Waals surface area contributed by atoms with Crippen molar-refractivity contribution in [1.82, 2.24) is 19.1 Å². The molecule has 30 heavy (non-hydrogen) atoms. The zero-order chi connectivity index (χ0) is 21.3. The van der Waals surface area contributed by atoms with Gasteiger partial charge in [0.1, 0.15) is 24.2 Å². The Morgan fingerprint density at radius 2 is 1.83 bits per heavy atom. The fourth-order valence-electron chi connectivity index (χ4n) is 3.68. The Hall–Kier alpha value is -3.27. The van der Waals surface area contributed by atoms with E-state index in [-0.39, 0.29) is 18.7 Å². The maximum Gasteiger partial charge on any atom is 0.329 e. The number of ether oxygens (including phenoxy) is 2. The molecule has 1 atom stereocenters. The van der Waals surface area contributed by atoms with E-state index in [2.05, 4.69) is 14.9 Å². The van der Waals surface area contributed by atoms with Crippen molar-refractivity contribution in [1.29, 1.82) is 0 Å². The summed E-state index contributed by atoms with van der Waals surface area (Å²) >= 11 is 0. The summed E-state index contributed by atoms with van der Waals surface area (Å²) in [5.41, 5.74) is -0.473. The molecule has 10 heteroatoms. The zero-order valence-corrected chi connectivity index (χ0v) is 17.0. The highest BCUT2D eigenvalue weighted by molar-refractivity contribution is 5.74. The molecular weight excluding hydrogens is 390 g/mol. The van der Waals surface area contributed by atoms with Crippen LogP contribution in [0.4, 0.5) is 5.95 Å². The molecule has 3 aromatic rings. The minimum Gasteiger partial charge on any atom is -0.497 e. The fraction of sp³-hybridized carbons (Fsp3) is 0.450. The second-order valence-electron chi connectivity index (χ2n) is 7.35. The number of hydrogen-bond donors (Lipinski definition) is 2. The number of aliphatic hydroxyl groups excluding tert-OH is 1. The molecule has 1 fully saturated rings. The average Bonchev–Trinajstić information content (AvgIpc) is 3.39. The molecule has 2 N–H and O–H groups in total. The molecule has 2 aromatic heterocycles. The van der Waals surface area contributed by atoms with Gasteiger partial charge >= 0.3 is 5.69 Å². The Kier molecular flexibility index (Phi) is 5.49. The number of anilines is 1. The van der Waals surface area contributed by atoms with E-state index in [0.29, 0.717) is 23.1 Å². The number of nitrogens with one attached hydrogen (secondary N) is 1. The van der Waals surface area contributed by atoms with Gasteiger partial charge in [-0.15, -0.1) is 0 Å². The van der Waals surface area contributed by atoms with Crippen molar-refractivity contribution < 1.29 is 14.6 Å². The van der Waals surface area contributed by atoms with Crippen LogP contribution in [0.25, 0.3) is 11.2 Å². The third kappa shape index (κ3) is 3.78. The average molecular weight is 415 g/mol. The molecule has 0 spiro atoms. The molecular formula is C20H25N5O5. The second-order valence-corrected chi connectivity index (χ2v) is 7.35. The molecule has 0 amide bonds. The largest absolute Gasteiger partial charge is 0.497 e. The first-order valence-electron chi connectivity index (χ1n) is 9.87. The monoisotopic (exact) mass is 415 g/mol. The summed E-state index contributed by atoms with van der Waals surface area (Å²) in [6, 6.07) is 7.07. The summed E-state index contributed by atoms with van der Waals surface area (Å²) < 4.78 is 13.8. The van der Waals surface area contributed by atoms with E-state index in [1.807, 2.05) is 0 Å².